The number of carbonyl (C=O) groups is 1. The highest BCUT2D eigenvalue weighted by Crippen LogP contribution is 2.33. The van der Waals surface area contributed by atoms with Gasteiger partial charge in [-0.1, -0.05) is 18.2 Å². The number of nitrogens with one attached hydrogen (secondary N) is 1. The van der Waals surface area contributed by atoms with Gasteiger partial charge in [-0.3, -0.25) is 9.20 Å². The number of nitrogens with zero attached hydrogens (tertiary/aromatic N) is 3. The summed E-state index contributed by atoms with van der Waals surface area (Å²) in [6.07, 6.45) is 4.41. The average Bonchev–Trinajstić information content (AvgIpc) is 3.11. The first-order chi connectivity index (χ1) is 13.5. The molecule has 146 valence electrons. The van der Waals surface area contributed by atoms with Crippen LogP contribution in [0.15, 0.2) is 48.7 Å². The summed E-state index contributed by atoms with van der Waals surface area (Å²) < 4.78 is 36.7. The Morgan fingerprint density at radius 3 is 2.79 bits per heavy atom. The van der Waals surface area contributed by atoms with Crippen LogP contribution in [0.2, 0.25) is 0 Å². The number of benzene rings is 1. The monoisotopic (exact) mass is 388 g/mol. The number of ether oxygens (including phenoxy) is 2. The first-order valence-electron chi connectivity index (χ1n) is 8.39. The van der Waals surface area contributed by atoms with E-state index in [9.17, 15) is 13.6 Å². The predicted octanol–water partition coefficient (Wildman–Crippen LogP) is 3.23. The molecule has 1 amide bonds. The average molecular weight is 388 g/mol. The minimum Gasteiger partial charge on any atom is -0.493 e. The van der Waals surface area contributed by atoms with Crippen LogP contribution in [-0.2, 0) is 4.79 Å². The third kappa shape index (κ3) is 4.25. The van der Waals surface area contributed by atoms with Crippen molar-refractivity contribution in [2.24, 2.45) is 0 Å². The van der Waals surface area contributed by atoms with Gasteiger partial charge in [-0.2, -0.15) is 8.78 Å². The van der Waals surface area contributed by atoms with Gasteiger partial charge in [0.1, 0.15) is 0 Å². The predicted molar refractivity (Wildman–Crippen MR) is 98.2 cm³/mol. The highest BCUT2D eigenvalue weighted by molar-refractivity contribution is 5.92. The second-order valence-electron chi connectivity index (χ2n) is 5.81. The molecule has 1 aromatic carbocycles. The summed E-state index contributed by atoms with van der Waals surface area (Å²) in [5.41, 5.74) is 0.953. The van der Waals surface area contributed by atoms with Crippen LogP contribution in [0.5, 0.6) is 11.5 Å². The molecule has 0 aliphatic carbocycles. The van der Waals surface area contributed by atoms with Crippen molar-refractivity contribution >= 4 is 17.6 Å². The van der Waals surface area contributed by atoms with Crippen LogP contribution in [0.3, 0.4) is 0 Å². The molecule has 1 atom stereocenters. The Hall–Kier alpha value is -3.49. The molecule has 2 aromatic heterocycles. The lowest BCUT2D eigenvalue weighted by atomic mass is 10.1. The maximum absolute atomic E-state index is 12.7. The maximum atomic E-state index is 12.7. The van der Waals surface area contributed by atoms with Gasteiger partial charge in [0.25, 0.3) is 0 Å². The first kappa shape index (κ1) is 19.3. The quantitative estimate of drug-likeness (QED) is 0.629. The van der Waals surface area contributed by atoms with E-state index in [0.29, 0.717) is 11.5 Å². The lowest BCUT2D eigenvalue weighted by Crippen LogP contribution is -2.26. The lowest BCUT2D eigenvalue weighted by Gasteiger charge is -2.13. The van der Waals surface area contributed by atoms with E-state index in [1.807, 2.05) is 12.1 Å². The second kappa shape index (κ2) is 8.47. The van der Waals surface area contributed by atoms with Crippen molar-refractivity contribution in [3.63, 3.8) is 0 Å². The Morgan fingerprint density at radius 1 is 1.21 bits per heavy atom. The number of fused-ring (bicyclic) bond motifs is 1. The van der Waals surface area contributed by atoms with Crippen molar-refractivity contribution in [2.45, 2.75) is 19.6 Å². The van der Waals surface area contributed by atoms with Crippen molar-refractivity contribution in [1.82, 2.24) is 19.9 Å². The van der Waals surface area contributed by atoms with Gasteiger partial charge in [-0.15, -0.1) is 10.2 Å². The van der Waals surface area contributed by atoms with Gasteiger partial charge in [0.2, 0.25) is 5.91 Å². The Balaban J connectivity index is 1.75. The van der Waals surface area contributed by atoms with Crippen LogP contribution in [0, 0.1) is 0 Å². The van der Waals surface area contributed by atoms with E-state index in [4.69, 9.17) is 4.74 Å². The molecule has 0 saturated heterocycles. The second-order valence-corrected chi connectivity index (χ2v) is 5.81. The maximum Gasteiger partial charge on any atom is 0.387 e. The van der Waals surface area contributed by atoms with Crippen molar-refractivity contribution < 1.29 is 23.0 Å². The van der Waals surface area contributed by atoms with Gasteiger partial charge in [-0.25, -0.2) is 0 Å². The molecule has 3 rings (SSSR count). The Morgan fingerprint density at radius 2 is 2.04 bits per heavy atom. The van der Waals surface area contributed by atoms with E-state index in [2.05, 4.69) is 20.3 Å². The smallest absolute Gasteiger partial charge is 0.387 e. The number of pyridine rings is 1. The number of aromatic nitrogens is 3. The summed E-state index contributed by atoms with van der Waals surface area (Å²) in [4.78, 5) is 12.3. The summed E-state index contributed by atoms with van der Waals surface area (Å²) in [7, 11) is 1.35. The fraction of sp³-hybridized carbons (Fsp3) is 0.211. The fourth-order valence-corrected chi connectivity index (χ4v) is 2.69. The molecule has 1 N–H and O–H groups in total. The fourth-order valence-electron chi connectivity index (χ4n) is 2.69. The SMILES string of the molecule is COc1cccc(/C=C/C(=O)NC(C)c2nnc3ccccn23)c1OC(F)F. The van der Waals surface area contributed by atoms with Gasteiger partial charge < -0.3 is 14.8 Å². The van der Waals surface area contributed by atoms with Crippen LogP contribution in [0.25, 0.3) is 11.7 Å². The molecule has 0 aliphatic heterocycles. The minimum atomic E-state index is -3.02. The largest absolute Gasteiger partial charge is 0.493 e. The molecular formula is C19H18F2N4O3. The molecule has 7 nitrogen and oxygen atoms in total. The van der Waals surface area contributed by atoms with Gasteiger partial charge in [-0.05, 0) is 31.2 Å². The Bertz CT molecular complexity index is 1000. The van der Waals surface area contributed by atoms with E-state index in [1.165, 1.54) is 25.3 Å². The number of methoxy groups -OCH3 is 1. The molecule has 2 heterocycles. The zero-order valence-electron chi connectivity index (χ0n) is 15.2. The highest BCUT2D eigenvalue weighted by Gasteiger charge is 2.16. The zero-order valence-corrected chi connectivity index (χ0v) is 15.2. The number of hydrogen-bond donors (Lipinski definition) is 1. The molecule has 3 aromatic rings. The number of para-hydroxylation sites is 1. The molecule has 1 unspecified atom stereocenters. The summed E-state index contributed by atoms with van der Waals surface area (Å²) in [5.74, 6) is 0.151. The molecule has 28 heavy (non-hydrogen) atoms. The van der Waals surface area contributed by atoms with E-state index >= 15 is 0 Å². The molecule has 0 spiro atoms. The van der Waals surface area contributed by atoms with Crippen molar-refractivity contribution in [1.29, 1.82) is 0 Å². The van der Waals surface area contributed by atoms with Gasteiger partial charge in [0.05, 0.1) is 13.2 Å². The van der Waals surface area contributed by atoms with Crippen LogP contribution >= 0.6 is 0 Å². The number of hydrogen-bond acceptors (Lipinski definition) is 5. The number of amides is 1. The highest BCUT2D eigenvalue weighted by atomic mass is 19.3. The topological polar surface area (TPSA) is 77.8 Å². The van der Waals surface area contributed by atoms with Crippen molar-refractivity contribution in [2.75, 3.05) is 7.11 Å². The molecule has 9 heteroatoms. The van der Waals surface area contributed by atoms with E-state index in [0.717, 1.165) is 0 Å². The summed E-state index contributed by atoms with van der Waals surface area (Å²) in [6.45, 7) is -1.25. The van der Waals surface area contributed by atoms with E-state index in [1.54, 1.807) is 35.7 Å². The normalized spacial score (nSPS) is 12.5. The number of rotatable bonds is 7. The van der Waals surface area contributed by atoms with E-state index in [-0.39, 0.29) is 17.1 Å². The zero-order chi connectivity index (χ0) is 20.1. The van der Waals surface area contributed by atoms with Crippen LogP contribution < -0.4 is 14.8 Å². The lowest BCUT2D eigenvalue weighted by molar-refractivity contribution is -0.117. The van der Waals surface area contributed by atoms with Gasteiger partial charge in [0.15, 0.2) is 23.0 Å². The third-order valence-corrected chi connectivity index (χ3v) is 3.94. The minimum absolute atomic E-state index is 0.138. The molecule has 0 fully saturated rings. The van der Waals surface area contributed by atoms with Crippen molar-refractivity contribution in [3.05, 3.63) is 60.1 Å². The Kier molecular flexibility index (Phi) is 5.83. The summed E-state index contributed by atoms with van der Waals surface area (Å²) >= 11 is 0. The Labute approximate surface area is 159 Å². The number of alkyl halides is 2. The van der Waals surface area contributed by atoms with Crippen LogP contribution in [0.4, 0.5) is 8.78 Å². The first-order valence-corrected chi connectivity index (χ1v) is 8.39. The molecule has 0 aliphatic rings. The molecule has 0 radical (unpaired) electrons. The third-order valence-electron chi connectivity index (χ3n) is 3.94. The van der Waals surface area contributed by atoms with Crippen molar-refractivity contribution in [3.8, 4) is 11.5 Å². The standard InChI is InChI=1S/C19H18F2N4O3/c1-12(18-24-23-15-8-3-4-11-25(15)18)22-16(26)10-9-13-6-5-7-14(27-2)17(13)28-19(20)21/h3-12,19H,1-2H3,(H,22,26)/b10-9+. The summed E-state index contributed by atoms with van der Waals surface area (Å²) in [5, 5.41) is 10.9. The van der Waals surface area contributed by atoms with Gasteiger partial charge in [0, 0.05) is 17.8 Å². The van der Waals surface area contributed by atoms with Crippen LogP contribution in [-0.4, -0.2) is 34.2 Å². The van der Waals surface area contributed by atoms with E-state index < -0.39 is 18.6 Å². The number of halogens is 2. The number of carbonyl (C=O) groups excluding carboxylic acids is 1. The molecule has 0 bridgehead atoms. The van der Waals surface area contributed by atoms with Gasteiger partial charge >= 0.3 is 6.61 Å². The van der Waals surface area contributed by atoms with Crippen LogP contribution in [0.1, 0.15) is 24.4 Å². The molecular weight excluding hydrogens is 370 g/mol. The molecule has 0 saturated carbocycles. The summed E-state index contributed by atoms with van der Waals surface area (Å²) in [6, 6.07) is 9.70.